The number of carbonyl (C=O) groups is 1. The van der Waals surface area contributed by atoms with E-state index in [0.29, 0.717) is 17.1 Å². The molecule has 3 rings (SSSR count). The van der Waals surface area contributed by atoms with Crippen LogP contribution in [0.2, 0.25) is 0 Å². The fourth-order valence-corrected chi connectivity index (χ4v) is 4.45. The van der Waals surface area contributed by atoms with Crippen LogP contribution in [0.25, 0.3) is 0 Å². The second-order valence-electron chi connectivity index (χ2n) is 7.70. The van der Waals surface area contributed by atoms with Crippen LogP contribution in [0, 0.1) is 0 Å². The first kappa shape index (κ1) is 19.6. The van der Waals surface area contributed by atoms with E-state index in [1.165, 1.54) is 5.56 Å². The van der Waals surface area contributed by atoms with Gasteiger partial charge in [-0.15, -0.1) is 11.8 Å². The van der Waals surface area contributed by atoms with E-state index in [9.17, 15) is 4.79 Å². The maximum absolute atomic E-state index is 13.2. The molecule has 0 spiro atoms. The lowest BCUT2D eigenvalue weighted by atomic mass is 9.86. The summed E-state index contributed by atoms with van der Waals surface area (Å²) in [5.41, 5.74) is 3.16. The number of rotatable bonds is 4. The Kier molecular flexibility index (Phi) is 5.70. The van der Waals surface area contributed by atoms with Gasteiger partial charge in [0.25, 0.3) is 5.91 Å². The number of hydrogen-bond donors (Lipinski definition) is 0. The van der Waals surface area contributed by atoms with E-state index in [1.54, 1.807) is 44.2 Å². The Hall–Kier alpha value is -2.14. The van der Waals surface area contributed by atoms with Crippen molar-refractivity contribution in [2.75, 3.05) is 26.5 Å². The number of hydrogen-bond acceptors (Lipinski definition) is 4. The standard InChI is InChI=1S/C22H27NO3S/c1-22(2,3)17-8-6-15(7-9-17)21-23(10-11-27-21)20(24)16-12-18(25-4)14-19(13-16)26-5/h6-9,12-14,21H,10-11H2,1-5H3. The third kappa shape index (κ3) is 4.24. The zero-order valence-corrected chi connectivity index (χ0v) is 17.4. The highest BCUT2D eigenvalue weighted by molar-refractivity contribution is 7.99. The van der Waals surface area contributed by atoms with Crippen molar-refractivity contribution in [3.8, 4) is 11.5 Å². The lowest BCUT2D eigenvalue weighted by molar-refractivity contribution is 0.0759. The van der Waals surface area contributed by atoms with Crippen LogP contribution in [0.3, 0.4) is 0 Å². The minimum Gasteiger partial charge on any atom is -0.497 e. The van der Waals surface area contributed by atoms with Gasteiger partial charge in [0.1, 0.15) is 16.9 Å². The van der Waals surface area contributed by atoms with Gasteiger partial charge in [-0.25, -0.2) is 0 Å². The first-order chi connectivity index (χ1) is 12.8. The Bertz CT molecular complexity index is 789. The predicted molar refractivity (Wildman–Crippen MR) is 111 cm³/mol. The van der Waals surface area contributed by atoms with Gasteiger partial charge in [-0.1, -0.05) is 45.0 Å². The Balaban J connectivity index is 1.87. The summed E-state index contributed by atoms with van der Waals surface area (Å²) in [6.45, 7) is 7.35. The zero-order valence-electron chi connectivity index (χ0n) is 16.6. The molecule has 1 aliphatic heterocycles. The molecule has 5 heteroatoms. The molecule has 27 heavy (non-hydrogen) atoms. The third-order valence-corrected chi connectivity index (χ3v) is 6.07. The average molecular weight is 386 g/mol. The Morgan fingerprint density at radius 2 is 1.63 bits per heavy atom. The predicted octanol–water partition coefficient (Wildman–Crippen LogP) is 4.89. The quantitative estimate of drug-likeness (QED) is 0.751. The summed E-state index contributed by atoms with van der Waals surface area (Å²) < 4.78 is 10.6. The maximum atomic E-state index is 13.2. The molecule has 0 aliphatic carbocycles. The minimum absolute atomic E-state index is 0.00194. The number of nitrogens with zero attached hydrogens (tertiary/aromatic N) is 1. The molecule has 1 aliphatic rings. The molecule has 1 fully saturated rings. The normalized spacial score (nSPS) is 17.1. The largest absolute Gasteiger partial charge is 0.497 e. The maximum Gasteiger partial charge on any atom is 0.255 e. The van der Waals surface area contributed by atoms with Crippen LogP contribution in [0.1, 0.15) is 47.6 Å². The number of thioether (sulfide) groups is 1. The summed E-state index contributed by atoms with van der Waals surface area (Å²) in [7, 11) is 3.18. The number of amides is 1. The summed E-state index contributed by atoms with van der Waals surface area (Å²) in [6, 6.07) is 14.0. The van der Waals surface area contributed by atoms with Crippen LogP contribution in [-0.2, 0) is 5.41 Å². The van der Waals surface area contributed by atoms with Crippen LogP contribution >= 0.6 is 11.8 Å². The molecule has 2 aromatic carbocycles. The van der Waals surface area contributed by atoms with E-state index in [1.807, 2.05) is 4.90 Å². The highest BCUT2D eigenvalue weighted by Gasteiger charge is 2.32. The van der Waals surface area contributed by atoms with Gasteiger partial charge in [-0.05, 0) is 28.7 Å². The third-order valence-electron chi connectivity index (χ3n) is 4.81. The number of carbonyl (C=O) groups excluding carboxylic acids is 1. The van der Waals surface area contributed by atoms with Crippen LogP contribution in [0.15, 0.2) is 42.5 Å². The van der Waals surface area contributed by atoms with Crippen molar-refractivity contribution in [3.05, 3.63) is 59.2 Å². The molecule has 1 saturated heterocycles. The van der Waals surface area contributed by atoms with Crippen molar-refractivity contribution in [3.63, 3.8) is 0 Å². The van der Waals surface area contributed by atoms with E-state index >= 15 is 0 Å². The lowest BCUT2D eigenvalue weighted by Crippen LogP contribution is -2.30. The second kappa shape index (κ2) is 7.85. The van der Waals surface area contributed by atoms with E-state index in [2.05, 4.69) is 45.0 Å². The van der Waals surface area contributed by atoms with Crippen molar-refractivity contribution in [2.24, 2.45) is 0 Å². The van der Waals surface area contributed by atoms with Gasteiger partial charge in [0.2, 0.25) is 0 Å². The molecular weight excluding hydrogens is 358 g/mol. The van der Waals surface area contributed by atoms with E-state index < -0.39 is 0 Å². The molecule has 144 valence electrons. The molecule has 2 aromatic rings. The highest BCUT2D eigenvalue weighted by atomic mass is 32.2. The van der Waals surface area contributed by atoms with Gasteiger partial charge in [0.15, 0.2) is 0 Å². The smallest absolute Gasteiger partial charge is 0.255 e. The van der Waals surface area contributed by atoms with E-state index in [-0.39, 0.29) is 16.7 Å². The summed E-state index contributed by atoms with van der Waals surface area (Å²) in [6.07, 6.45) is 0. The van der Waals surface area contributed by atoms with Crippen molar-refractivity contribution in [1.82, 2.24) is 4.90 Å². The van der Waals surface area contributed by atoms with Crippen molar-refractivity contribution >= 4 is 17.7 Å². The summed E-state index contributed by atoms with van der Waals surface area (Å²) in [5, 5.41) is 0.0312. The topological polar surface area (TPSA) is 38.8 Å². The molecule has 0 bridgehead atoms. The summed E-state index contributed by atoms with van der Waals surface area (Å²) in [4.78, 5) is 15.1. The monoisotopic (exact) mass is 385 g/mol. The summed E-state index contributed by atoms with van der Waals surface area (Å²) >= 11 is 1.80. The van der Waals surface area contributed by atoms with Gasteiger partial charge >= 0.3 is 0 Å². The molecule has 1 atom stereocenters. The Labute approximate surface area is 165 Å². The van der Waals surface area contributed by atoms with Gasteiger partial charge in [0, 0.05) is 23.9 Å². The summed E-state index contributed by atoms with van der Waals surface area (Å²) in [5.74, 6) is 2.17. The van der Waals surface area contributed by atoms with Gasteiger partial charge in [-0.2, -0.15) is 0 Å². The Morgan fingerprint density at radius 1 is 1.04 bits per heavy atom. The highest BCUT2D eigenvalue weighted by Crippen LogP contribution is 2.40. The molecule has 0 N–H and O–H groups in total. The second-order valence-corrected chi connectivity index (χ2v) is 8.88. The molecule has 0 saturated carbocycles. The molecular formula is C22H27NO3S. The van der Waals surface area contributed by atoms with Crippen LogP contribution < -0.4 is 9.47 Å². The molecule has 1 unspecified atom stereocenters. The molecule has 4 nitrogen and oxygen atoms in total. The van der Waals surface area contributed by atoms with Gasteiger partial charge in [0.05, 0.1) is 14.2 Å². The van der Waals surface area contributed by atoms with Crippen molar-refractivity contribution in [1.29, 1.82) is 0 Å². The number of ether oxygens (including phenoxy) is 2. The van der Waals surface area contributed by atoms with Gasteiger partial charge < -0.3 is 14.4 Å². The van der Waals surface area contributed by atoms with Crippen molar-refractivity contribution < 1.29 is 14.3 Å². The van der Waals surface area contributed by atoms with Gasteiger partial charge in [-0.3, -0.25) is 4.79 Å². The number of methoxy groups -OCH3 is 2. The fourth-order valence-electron chi connectivity index (χ4n) is 3.20. The van der Waals surface area contributed by atoms with Crippen LogP contribution in [0.5, 0.6) is 11.5 Å². The molecule has 1 amide bonds. The van der Waals surface area contributed by atoms with Crippen LogP contribution in [-0.4, -0.2) is 37.3 Å². The SMILES string of the molecule is COc1cc(OC)cc(C(=O)N2CCSC2c2ccc(C(C)(C)C)cc2)c1. The first-order valence-electron chi connectivity index (χ1n) is 9.09. The number of benzene rings is 2. The fraction of sp³-hybridized carbons (Fsp3) is 0.409. The van der Waals surface area contributed by atoms with Crippen molar-refractivity contribution in [2.45, 2.75) is 31.6 Å². The lowest BCUT2D eigenvalue weighted by Gasteiger charge is -2.26. The zero-order chi connectivity index (χ0) is 19.6. The average Bonchev–Trinajstić information content (AvgIpc) is 3.16. The first-order valence-corrected chi connectivity index (χ1v) is 10.1. The molecule has 0 radical (unpaired) electrons. The van der Waals surface area contributed by atoms with E-state index in [4.69, 9.17) is 9.47 Å². The van der Waals surface area contributed by atoms with Crippen LogP contribution in [0.4, 0.5) is 0 Å². The minimum atomic E-state index is 0.00194. The molecule has 0 aromatic heterocycles. The van der Waals surface area contributed by atoms with E-state index in [0.717, 1.165) is 17.9 Å². The Morgan fingerprint density at radius 3 is 2.15 bits per heavy atom. The molecule has 1 heterocycles.